The number of aliphatic hydroxyl groups is 1. The number of hydrogen-bond acceptors (Lipinski definition) is 7. The Kier molecular flexibility index (Phi) is 8.11. The van der Waals surface area contributed by atoms with E-state index in [1.165, 1.54) is 0 Å². The molecule has 0 unspecified atom stereocenters. The molecule has 9 heteroatoms. The van der Waals surface area contributed by atoms with Crippen molar-refractivity contribution in [3.63, 3.8) is 0 Å². The van der Waals surface area contributed by atoms with E-state index in [2.05, 4.69) is 20.7 Å². The van der Waals surface area contributed by atoms with E-state index in [-0.39, 0.29) is 18.7 Å². The van der Waals surface area contributed by atoms with Crippen LogP contribution in [0.1, 0.15) is 29.9 Å². The predicted molar refractivity (Wildman–Crippen MR) is 117 cm³/mol. The fourth-order valence-corrected chi connectivity index (χ4v) is 4.06. The lowest BCUT2D eigenvalue weighted by atomic mass is 9.98. The third-order valence-corrected chi connectivity index (χ3v) is 5.87. The van der Waals surface area contributed by atoms with Crippen molar-refractivity contribution in [3.05, 3.63) is 53.4 Å². The molecule has 2 amide bonds. The van der Waals surface area contributed by atoms with Crippen LogP contribution in [0.25, 0.3) is 0 Å². The second-order valence-electron chi connectivity index (χ2n) is 8.37. The first kappa shape index (κ1) is 22.7. The molecule has 0 saturated carbocycles. The molecule has 2 aliphatic heterocycles. The minimum Gasteiger partial charge on any atom is -0.390 e. The number of ether oxygens (including phenoxy) is 2. The summed E-state index contributed by atoms with van der Waals surface area (Å²) in [5.74, 6) is 0.839. The number of aromatic nitrogens is 1. The van der Waals surface area contributed by atoms with E-state index in [1.807, 2.05) is 36.4 Å². The Morgan fingerprint density at radius 3 is 2.78 bits per heavy atom. The third kappa shape index (κ3) is 6.77. The molecule has 0 spiro atoms. The van der Waals surface area contributed by atoms with E-state index in [0.29, 0.717) is 19.4 Å². The number of nitrogens with one attached hydrogen (secondary N) is 2. The summed E-state index contributed by atoms with van der Waals surface area (Å²) < 4.78 is 16.9. The van der Waals surface area contributed by atoms with Crippen molar-refractivity contribution in [2.75, 3.05) is 32.8 Å². The van der Waals surface area contributed by atoms with Gasteiger partial charge in [-0.25, -0.2) is 4.79 Å². The summed E-state index contributed by atoms with van der Waals surface area (Å²) in [4.78, 5) is 14.4. The average molecular weight is 445 g/mol. The molecule has 0 bridgehead atoms. The molecule has 4 rings (SSSR count). The zero-order valence-electron chi connectivity index (χ0n) is 18.2. The Morgan fingerprint density at radius 1 is 1.16 bits per heavy atom. The normalized spacial score (nSPS) is 24.2. The molecular formula is C23H32N4O5. The minimum absolute atomic E-state index is 0.0704. The monoisotopic (exact) mass is 444 g/mol. The van der Waals surface area contributed by atoms with Gasteiger partial charge in [0.05, 0.1) is 37.7 Å². The average Bonchev–Trinajstić information content (AvgIpc) is 3.26. The number of morpholine rings is 1. The molecule has 0 radical (unpaired) electrons. The van der Waals surface area contributed by atoms with Crippen LogP contribution in [0, 0.1) is 0 Å². The highest BCUT2D eigenvalue weighted by molar-refractivity contribution is 5.73. The van der Waals surface area contributed by atoms with Crippen molar-refractivity contribution in [3.8, 4) is 0 Å². The molecule has 2 saturated heterocycles. The van der Waals surface area contributed by atoms with Crippen LogP contribution in [-0.4, -0.2) is 72.4 Å². The number of rotatable bonds is 8. The second-order valence-corrected chi connectivity index (χ2v) is 8.37. The SMILES string of the molecule is O=C(NCc1ccccc1)NC[C@H]1O[C@H](Cc2cc(CN3CCOCC3)on2)CC[C@@H]1O. The zero-order chi connectivity index (χ0) is 22.2. The van der Waals surface area contributed by atoms with Crippen LogP contribution < -0.4 is 10.6 Å². The van der Waals surface area contributed by atoms with Crippen LogP contribution in [0.15, 0.2) is 40.9 Å². The molecule has 3 heterocycles. The molecule has 1 aromatic heterocycles. The first-order valence-corrected chi connectivity index (χ1v) is 11.3. The van der Waals surface area contributed by atoms with E-state index >= 15 is 0 Å². The molecule has 9 nitrogen and oxygen atoms in total. The lowest BCUT2D eigenvalue weighted by Gasteiger charge is -2.33. The number of aliphatic hydroxyl groups excluding tert-OH is 1. The standard InChI is InChI=1S/C23H32N4O5/c28-21-7-6-19(12-18-13-20(32-26-18)16-27-8-10-30-11-9-27)31-22(21)15-25-23(29)24-14-17-4-2-1-3-5-17/h1-5,13,19,21-22,28H,6-12,14-16H2,(H2,24,25,29)/t19-,21-,22+/m0/s1. The molecule has 174 valence electrons. The molecule has 2 aromatic rings. The van der Waals surface area contributed by atoms with Crippen LogP contribution in [0.4, 0.5) is 4.79 Å². The van der Waals surface area contributed by atoms with Gasteiger partial charge in [0.1, 0.15) is 6.10 Å². The van der Waals surface area contributed by atoms with Gasteiger partial charge in [-0.2, -0.15) is 0 Å². The van der Waals surface area contributed by atoms with E-state index < -0.39 is 12.2 Å². The number of amides is 2. The molecular weight excluding hydrogens is 412 g/mol. The molecule has 3 N–H and O–H groups in total. The fraction of sp³-hybridized carbons (Fsp3) is 0.565. The van der Waals surface area contributed by atoms with Crippen LogP contribution in [-0.2, 0) is 29.0 Å². The van der Waals surface area contributed by atoms with Crippen LogP contribution in [0.3, 0.4) is 0 Å². The zero-order valence-corrected chi connectivity index (χ0v) is 18.2. The number of carbonyl (C=O) groups is 1. The van der Waals surface area contributed by atoms with E-state index in [0.717, 1.165) is 56.3 Å². The van der Waals surface area contributed by atoms with Crippen molar-refractivity contribution >= 4 is 6.03 Å². The van der Waals surface area contributed by atoms with Crippen molar-refractivity contribution < 1.29 is 23.9 Å². The number of benzene rings is 1. The molecule has 2 aliphatic rings. The summed E-state index contributed by atoms with van der Waals surface area (Å²) >= 11 is 0. The number of carbonyl (C=O) groups excluding carboxylic acids is 1. The maximum Gasteiger partial charge on any atom is 0.315 e. The Balaban J connectivity index is 1.20. The maximum absolute atomic E-state index is 12.1. The Morgan fingerprint density at radius 2 is 1.97 bits per heavy atom. The number of nitrogens with zero attached hydrogens (tertiary/aromatic N) is 2. The Labute approximate surface area is 188 Å². The highest BCUT2D eigenvalue weighted by Gasteiger charge is 2.31. The van der Waals surface area contributed by atoms with Gasteiger partial charge in [-0.15, -0.1) is 0 Å². The van der Waals surface area contributed by atoms with Gasteiger partial charge in [-0.05, 0) is 18.4 Å². The van der Waals surface area contributed by atoms with Crippen molar-refractivity contribution in [1.82, 2.24) is 20.7 Å². The van der Waals surface area contributed by atoms with Crippen LogP contribution in [0.5, 0.6) is 0 Å². The molecule has 0 aliphatic carbocycles. The lowest BCUT2D eigenvalue weighted by molar-refractivity contribution is -0.113. The Bertz CT molecular complexity index is 840. The largest absolute Gasteiger partial charge is 0.390 e. The molecule has 3 atom stereocenters. The van der Waals surface area contributed by atoms with Crippen molar-refractivity contribution in [2.24, 2.45) is 0 Å². The summed E-state index contributed by atoms with van der Waals surface area (Å²) in [5.41, 5.74) is 1.87. The molecule has 2 fully saturated rings. The van der Waals surface area contributed by atoms with Gasteiger partial charge in [0, 0.05) is 38.7 Å². The van der Waals surface area contributed by atoms with Crippen molar-refractivity contribution in [2.45, 2.75) is 50.7 Å². The maximum atomic E-state index is 12.1. The quantitative estimate of drug-likeness (QED) is 0.566. The number of hydrogen-bond donors (Lipinski definition) is 3. The van der Waals surface area contributed by atoms with Gasteiger partial charge >= 0.3 is 6.03 Å². The van der Waals surface area contributed by atoms with Crippen LogP contribution in [0.2, 0.25) is 0 Å². The van der Waals surface area contributed by atoms with Gasteiger partial charge in [-0.1, -0.05) is 35.5 Å². The minimum atomic E-state index is -0.602. The van der Waals surface area contributed by atoms with E-state index in [9.17, 15) is 9.90 Å². The summed E-state index contributed by atoms with van der Waals surface area (Å²) in [6.07, 6.45) is 0.866. The van der Waals surface area contributed by atoms with Crippen molar-refractivity contribution in [1.29, 1.82) is 0 Å². The van der Waals surface area contributed by atoms with E-state index in [4.69, 9.17) is 14.0 Å². The second kappa shape index (κ2) is 11.4. The summed E-state index contributed by atoms with van der Waals surface area (Å²) in [5, 5.41) is 20.1. The summed E-state index contributed by atoms with van der Waals surface area (Å²) in [7, 11) is 0. The molecule has 1 aromatic carbocycles. The lowest BCUT2D eigenvalue weighted by Crippen LogP contribution is -2.48. The topological polar surface area (TPSA) is 109 Å². The summed E-state index contributed by atoms with van der Waals surface area (Å²) in [6, 6.07) is 11.4. The predicted octanol–water partition coefficient (Wildman–Crippen LogP) is 1.46. The van der Waals surface area contributed by atoms with Gasteiger partial charge in [0.15, 0.2) is 5.76 Å². The van der Waals surface area contributed by atoms with Gasteiger partial charge in [0.25, 0.3) is 0 Å². The van der Waals surface area contributed by atoms with E-state index in [1.54, 1.807) is 0 Å². The third-order valence-electron chi connectivity index (χ3n) is 5.87. The summed E-state index contributed by atoms with van der Waals surface area (Å²) in [6.45, 7) is 4.71. The molecule has 32 heavy (non-hydrogen) atoms. The fourth-order valence-electron chi connectivity index (χ4n) is 4.06. The van der Waals surface area contributed by atoms with Crippen LogP contribution >= 0.6 is 0 Å². The van der Waals surface area contributed by atoms with Gasteiger partial charge in [-0.3, -0.25) is 4.90 Å². The van der Waals surface area contributed by atoms with Gasteiger partial charge in [0.2, 0.25) is 0 Å². The highest BCUT2D eigenvalue weighted by Crippen LogP contribution is 2.22. The number of urea groups is 1. The first-order valence-electron chi connectivity index (χ1n) is 11.3. The Hall–Kier alpha value is -2.46. The smallest absolute Gasteiger partial charge is 0.315 e. The van der Waals surface area contributed by atoms with Gasteiger partial charge < -0.3 is 29.7 Å². The first-order chi connectivity index (χ1) is 15.7. The highest BCUT2D eigenvalue weighted by atomic mass is 16.5.